The van der Waals surface area contributed by atoms with E-state index in [0.29, 0.717) is 38.7 Å². The molecule has 1 unspecified atom stereocenters. The molecule has 0 bridgehead atoms. The average molecular weight is 563 g/mol. The number of carbonyl (C=O) groups excluding carboxylic acids is 1. The minimum Gasteiger partial charge on any atom is -0.497 e. The van der Waals surface area contributed by atoms with Crippen LogP contribution < -0.4 is 4.74 Å². The normalized spacial score (nSPS) is 36.1. The van der Waals surface area contributed by atoms with Gasteiger partial charge >= 0.3 is 5.97 Å². The third-order valence-electron chi connectivity index (χ3n) is 8.73. The van der Waals surface area contributed by atoms with E-state index < -0.39 is 12.2 Å². The predicted octanol–water partition coefficient (Wildman–Crippen LogP) is 3.58. The second-order valence-electron chi connectivity index (χ2n) is 11.5. The van der Waals surface area contributed by atoms with Crippen molar-refractivity contribution >= 4 is 5.97 Å². The first kappa shape index (κ1) is 30.9. The molecular formula is C31H46O9. The third-order valence-corrected chi connectivity index (χ3v) is 8.73. The molecule has 4 rings (SSSR count). The van der Waals surface area contributed by atoms with Gasteiger partial charge in [0.2, 0.25) is 0 Å². The fraction of sp³-hybridized carbons (Fsp3) is 0.710. The van der Waals surface area contributed by atoms with Crippen LogP contribution in [-0.2, 0) is 35.1 Å². The Labute approximate surface area is 237 Å². The quantitative estimate of drug-likeness (QED) is 0.309. The van der Waals surface area contributed by atoms with Crippen LogP contribution in [0.25, 0.3) is 0 Å². The minimum absolute atomic E-state index is 0.0277. The molecule has 1 aromatic carbocycles. The molecule has 3 aliphatic heterocycles. The zero-order chi connectivity index (χ0) is 28.8. The van der Waals surface area contributed by atoms with Gasteiger partial charge in [0.1, 0.15) is 5.75 Å². The van der Waals surface area contributed by atoms with Crippen LogP contribution in [0.15, 0.2) is 36.4 Å². The number of ether oxygens (including phenoxy) is 6. The molecule has 0 spiro atoms. The van der Waals surface area contributed by atoms with Gasteiger partial charge in [-0.2, -0.15) is 0 Å². The van der Waals surface area contributed by atoms with Crippen molar-refractivity contribution in [1.29, 1.82) is 0 Å². The summed E-state index contributed by atoms with van der Waals surface area (Å²) in [5.41, 5.74) is 2.03. The molecule has 3 heterocycles. The number of aliphatic hydroxyl groups is 2. The molecule has 0 radical (unpaired) electrons. The van der Waals surface area contributed by atoms with Gasteiger partial charge in [0, 0.05) is 31.8 Å². The minimum atomic E-state index is -0.707. The van der Waals surface area contributed by atoms with Crippen LogP contribution in [0, 0.1) is 11.8 Å². The van der Waals surface area contributed by atoms with E-state index in [0.717, 1.165) is 23.3 Å². The largest absolute Gasteiger partial charge is 0.497 e. The molecule has 3 aliphatic rings. The zero-order valence-electron chi connectivity index (χ0n) is 24.2. The number of rotatable bonds is 11. The van der Waals surface area contributed by atoms with E-state index in [-0.39, 0.29) is 61.0 Å². The first-order valence-electron chi connectivity index (χ1n) is 14.5. The lowest BCUT2D eigenvalue weighted by atomic mass is 9.79. The summed E-state index contributed by atoms with van der Waals surface area (Å²) in [6.07, 6.45) is 0.443. The smallest absolute Gasteiger partial charge is 0.305 e. The van der Waals surface area contributed by atoms with Gasteiger partial charge in [0.05, 0.1) is 69.7 Å². The Balaban J connectivity index is 1.50. The van der Waals surface area contributed by atoms with Gasteiger partial charge in [-0.15, -0.1) is 0 Å². The van der Waals surface area contributed by atoms with E-state index in [1.54, 1.807) is 7.11 Å². The maximum absolute atomic E-state index is 11.7. The number of methoxy groups -OCH3 is 2. The molecule has 3 saturated heterocycles. The van der Waals surface area contributed by atoms with Crippen molar-refractivity contribution < 1.29 is 43.4 Å². The van der Waals surface area contributed by atoms with E-state index >= 15 is 0 Å². The van der Waals surface area contributed by atoms with Crippen molar-refractivity contribution in [2.24, 2.45) is 11.8 Å². The molecular weight excluding hydrogens is 516 g/mol. The van der Waals surface area contributed by atoms with Gasteiger partial charge in [-0.1, -0.05) is 32.6 Å². The van der Waals surface area contributed by atoms with Crippen LogP contribution >= 0.6 is 0 Å². The van der Waals surface area contributed by atoms with Gasteiger partial charge in [-0.25, -0.2) is 0 Å². The van der Waals surface area contributed by atoms with Crippen LogP contribution in [-0.4, -0.2) is 85.8 Å². The summed E-state index contributed by atoms with van der Waals surface area (Å²) in [4.78, 5) is 11.7. The fourth-order valence-electron chi connectivity index (χ4n) is 6.30. The summed E-state index contributed by atoms with van der Waals surface area (Å²) in [6.45, 7) is 8.95. The monoisotopic (exact) mass is 562 g/mol. The zero-order valence-corrected chi connectivity index (χ0v) is 24.2. The predicted molar refractivity (Wildman–Crippen MR) is 148 cm³/mol. The molecule has 0 aliphatic carbocycles. The summed E-state index contributed by atoms with van der Waals surface area (Å²) in [6, 6.07) is 7.78. The van der Waals surface area contributed by atoms with E-state index in [1.807, 2.05) is 24.3 Å². The Hall–Kier alpha value is -2.01. The molecule has 0 saturated carbocycles. The van der Waals surface area contributed by atoms with Crippen LogP contribution in [0.1, 0.15) is 57.9 Å². The van der Waals surface area contributed by atoms with Crippen LogP contribution in [0.4, 0.5) is 0 Å². The van der Waals surface area contributed by atoms with E-state index in [1.165, 1.54) is 7.11 Å². The number of hydrogen-bond donors (Lipinski definition) is 2. The average Bonchev–Trinajstić information content (AvgIpc) is 2.95. The number of aliphatic hydroxyl groups excluding tert-OH is 2. The second kappa shape index (κ2) is 14.2. The summed E-state index contributed by atoms with van der Waals surface area (Å²) in [7, 11) is 3.04. The second-order valence-corrected chi connectivity index (χ2v) is 11.5. The highest BCUT2D eigenvalue weighted by Crippen LogP contribution is 2.41. The van der Waals surface area contributed by atoms with Crippen molar-refractivity contribution in [3.63, 3.8) is 0 Å². The molecule has 9 heteroatoms. The van der Waals surface area contributed by atoms with Crippen molar-refractivity contribution in [3.8, 4) is 5.75 Å². The Morgan fingerprint density at radius 3 is 2.48 bits per heavy atom. The van der Waals surface area contributed by atoms with E-state index in [2.05, 4.69) is 20.4 Å². The molecule has 0 amide bonds. The first-order chi connectivity index (χ1) is 19.2. The summed E-state index contributed by atoms with van der Waals surface area (Å²) in [5, 5.41) is 20.2. The van der Waals surface area contributed by atoms with Crippen molar-refractivity contribution in [1.82, 2.24) is 0 Å². The highest BCUT2D eigenvalue weighted by molar-refractivity contribution is 5.69. The van der Waals surface area contributed by atoms with Crippen LogP contribution in [0.5, 0.6) is 5.75 Å². The lowest BCUT2D eigenvalue weighted by Gasteiger charge is -2.51. The van der Waals surface area contributed by atoms with E-state index in [4.69, 9.17) is 28.4 Å². The number of benzene rings is 1. The maximum Gasteiger partial charge on any atom is 0.305 e. The highest BCUT2D eigenvalue weighted by atomic mass is 16.6. The molecule has 1 aromatic rings. The Bertz CT molecular complexity index is 966. The summed E-state index contributed by atoms with van der Waals surface area (Å²) < 4.78 is 36.1. The number of carbonyl (C=O) groups is 1. The highest BCUT2D eigenvalue weighted by Gasteiger charge is 2.50. The number of esters is 1. The Morgan fingerprint density at radius 1 is 1.05 bits per heavy atom. The van der Waals surface area contributed by atoms with Crippen LogP contribution in [0.3, 0.4) is 0 Å². The SMILES string of the molecule is C=C1C(C[C@@H]2O[C@H]3C[C@@H](O)[C@@H](CCO)O[C@H]3[C@H](C)[C@H]2OCc2ccc(OC)cc2)O[C@@H](CCC(=O)OC)C[C@H]1C. The van der Waals surface area contributed by atoms with Gasteiger partial charge in [0.25, 0.3) is 0 Å². The molecule has 2 N–H and O–H groups in total. The summed E-state index contributed by atoms with van der Waals surface area (Å²) in [5.74, 6) is 0.759. The maximum atomic E-state index is 11.7. The molecule has 0 aromatic heterocycles. The molecule has 9 nitrogen and oxygen atoms in total. The molecule has 224 valence electrons. The number of fused-ring (bicyclic) bond motifs is 1. The molecule has 3 fully saturated rings. The first-order valence-corrected chi connectivity index (χ1v) is 14.5. The van der Waals surface area contributed by atoms with Crippen molar-refractivity contribution in [2.45, 2.75) is 108 Å². The number of hydrogen-bond acceptors (Lipinski definition) is 9. The van der Waals surface area contributed by atoms with Crippen molar-refractivity contribution in [2.75, 3.05) is 20.8 Å². The third kappa shape index (κ3) is 7.43. The Morgan fingerprint density at radius 2 is 1.80 bits per heavy atom. The summed E-state index contributed by atoms with van der Waals surface area (Å²) >= 11 is 0. The van der Waals surface area contributed by atoms with Crippen molar-refractivity contribution in [3.05, 3.63) is 42.0 Å². The van der Waals surface area contributed by atoms with Crippen LogP contribution in [0.2, 0.25) is 0 Å². The van der Waals surface area contributed by atoms with Gasteiger partial charge in [-0.3, -0.25) is 4.79 Å². The molecule has 40 heavy (non-hydrogen) atoms. The van der Waals surface area contributed by atoms with Gasteiger partial charge in [0.15, 0.2) is 0 Å². The van der Waals surface area contributed by atoms with E-state index in [9.17, 15) is 15.0 Å². The standard InChI is InChI=1S/C31H46O9/c1-18-14-23(10-11-29(34)36-5)38-26(19(18)2)16-28-30(37-17-21-6-8-22(35-4)9-7-21)20(3)31-27(39-28)15-24(33)25(40-31)12-13-32/h6-9,18,20,23-28,30-33H,2,10-17H2,1,3-5H3/t18-,20-,23+,24-,25-,26?,27+,28+,30-,31+/m1/s1. The lowest BCUT2D eigenvalue weighted by molar-refractivity contribution is -0.277. The fourth-order valence-corrected chi connectivity index (χ4v) is 6.30. The van der Waals surface area contributed by atoms with Gasteiger partial charge in [-0.05, 0) is 48.4 Å². The topological polar surface area (TPSA) is 113 Å². The molecule has 10 atom stereocenters. The lowest BCUT2D eigenvalue weighted by Crippen LogP contribution is -2.61. The van der Waals surface area contributed by atoms with Gasteiger partial charge < -0.3 is 38.6 Å². The Kier molecular flexibility index (Phi) is 11.0.